The molecule has 5 rings (SSSR count). The fourth-order valence-corrected chi connectivity index (χ4v) is 5.15. The summed E-state index contributed by atoms with van der Waals surface area (Å²) in [5, 5.41) is 14.4. The maximum absolute atomic E-state index is 13.9. The van der Waals surface area contributed by atoms with Crippen molar-refractivity contribution in [1.82, 2.24) is 9.66 Å². The highest BCUT2D eigenvalue weighted by Gasteiger charge is 2.19. The van der Waals surface area contributed by atoms with Gasteiger partial charge in [0.05, 0.1) is 35.9 Å². The zero-order valence-electron chi connectivity index (χ0n) is 26.6. The minimum atomic E-state index is -0.998. The Labute approximate surface area is 267 Å². The van der Waals surface area contributed by atoms with Gasteiger partial charge >= 0.3 is 5.97 Å². The molecule has 9 nitrogen and oxygen atoms in total. The van der Waals surface area contributed by atoms with Crippen molar-refractivity contribution in [2.75, 3.05) is 13.2 Å². The zero-order chi connectivity index (χ0) is 32.8. The molecule has 0 aliphatic heterocycles. The van der Waals surface area contributed by atoms with Crippen LogP contribution in [-0.2, 0) is 6.61 Å². The summed E-state index contributed by atoms with van der Waals surface area (Å²) in [5.74, 6) is 1.42. The van der Waals surface area contributed by atoms with Crippen molar-refractivity contribution in [2.45, 2.75) is 47.1 Å². The van der Waals surface area contributed by atoms with E-state index in [1.165, 1.54) is 10.7 Å². The summed E-state index contributed by atoms with van der Waals surface area (Å²) in [6.45, 7) is 11.1. The monoisotopic (exact) mass is 619 g/mol. The SMILES string of the molecule is CCOc1cc(C=Nn2c(-c3cc(C(C)C)c(OCC)cc3C)nc3ccccc3c2=O)ccc1OCc1cccc(C(=O)O)c1. The van der Waals surface area contributed by atoms with Crippen LogP contribution in [0, 0.1) is 6.92 Å². The molecule has 0 aliphatic carbocycles. The molecule has 0 atom stereocenters. The van der Waals surface area contributed by atoms with E-state index in [4.69, 9.17) is 19.2 Å². The van der Waals surface area contributed by atoms with Crippen molar-refractivity contribution in [3.63, 3.8) is 0 Å². The van der Waals surface area contributed by atoms with Gasteiger partial charge in [0.25, 0.3) is 5.56 Å². The topological polar surface area (TPSA) is 112 Å². The standard InChI is InChI=1S/C37H37N3O6/c1-6-44-33-17-24(5)30(20-29(33)23(3)4)35-39-31-14-9-8-13-28(31)36(41)40(35)38-21-25-15-16-32(34(19-25)45-7-2)46-22-26-11-10-12-27(18-26)37(42)43/h8-21,23H,6-7,22H2,1-5H3,(H,42,43). The third kappa shape index (κ3) is 6.94. The van der Waals surface area contributed by atoms with Gasteiger partial charge in [-0.2, -0.15) is 9.78 Å². The Morgan fingerprint density at radius 1 is 0.913 bits per heavy atom. The summed E-state index contributed by atoms with van der Waals surface area (Å²) >= 11 is 0. The molecule has 1 N–H and O–H groups in total. The summed E-state index contributed by atoms with van der Waals surface area (Å²) < 4.78 is 19.1. The minimum Gasteiger partial charge on any atom is -0.494 e. The third-order valence-corrected chi connectivity index (χ3v) is 7.43. The molecule has 0 radical (unpaired) electrons. The van der Waals surface area contributed by atoms with Gasteiger partial charge in [-0.05, 0) is 104 Å². The number of ether oxygens (including phenoxy) is 3. The predicted octanol–water partition coefficient (Wildman–Crippen LogP) is 7.45. The van der Waals surface area contributed by atoms with Crippen LogP contribution in [-0.4, -0.2) is 40.2 Å². The van der Waals surface area contributed by atoms with Gasteiger partial charge in [0.15, 0.2) is 17.3 Å². The Morgan fingerprint density at radius 3 is 2.41 bits per heavy atom. The summed E-state index contributed by atoms with van der Waals surface area (Å²) in [5.41, 5.74) is 4.61. The first-order valence-electron chi connectivity index (χ1n) is 15.3. The Balaban J connectivity index is 1.54. The van der Waals surface area contributed by atoms with Crippen LogP contribution in [0.15, 0.2) is 88.8 Å². The number of fused-ring (bicyclic) bond motifs is 1. The highest BCUT2D eigenvalue weighted by atomic mass is 16.5. The second-order valence-corrected chi connectivity index (χ2v) is 11.0. The fourth-order valence-electron chi connectivity index (χ4n) is 5.15. The average Bonchev–Trinajstić information content (AvgIpc) is 3.04. The molecule has 1 aromatic heterocycles. The lowest BCUT2D eigenvalue weighted by Crippen LogP contribution is -2.21. The van der Waals surface area contributed by atoms with Crippen LogP contribution in [0.4, 0.5) is 0 Å². The van der Waals surface area contributed by atoms with Gasteiger partial charge in [-0.15, -0.1) is 0 Å². The Kier molecular flexibility index (Phi) is 9.81. The first kappa shape index (κ1) is 32.0. The van der Waals surface area contributed by atoms with Crippen LogP contribution < -0.4 is 19.8 Å². The number of nitrogens with zero attached hydrogens (tertiary/aromatic N) is 3. The van der Waals surface area contributed by atoms with E-state index in [2.05, 4.69) is 18.9 Å². The maximum Gasteiger partial charge on any atom is 0.335 e. The van der Waals surface area contributed by atoms with Crippen LogP contribution in [0.3, 0.4) is 0 Å². The highest BCUT2D eigenvalue weighted by Crippen LogP contribution is 2.34. The van der Waals surface area contributed by atoms with Gasteiger partial charge in [0, 0.05) is 5.56 Å². The fraction of sp³-hybridized carbons (Fsp3) is 0.243. The van der Waals surface area contributed by atoms with Crippen LogP contribution in [0.25, 0.3) is 22.3 Å². The number of hydrogen-bond donors (Lipinski definition) is 1. The van der Waals surface area contributed by atoms with Gasteiger partial charge in [0.1, 0.15) is 12.4 Å². The average molecular weight is 620 g/mol. The van der Waals surface area contributed by atoms with E-state index in [1.54, 1.807) is 42.6 Å². The van der Waals surface area contributed by atoms with E-state index in [9.17, 15) is 14.7 Å². The van der Waals surface area contributed by atoms with E-state index in [0.29, 0.717) is 52.6 Å². The number of carbonyl (C=O) groups is 1. The highest BCUT2D eigenvalue weighted by molar-refractivity contribution is 5.87. The van der Waals surface area contributed by atoms with Crippen LogP contribution in [0.1, 0.15) is 66.2 Å². The lowest BCUT2D eigenvalue weighted by atomic mass is 9.96. The van der Waals surface area contributed by atoms with E-state index < -0.39 is 5.97 Å². The molecule has 0 aliphatic rings. The lowest BCUT2D eigenvalue weighted by Gasteiger charge is -2.18. The Morgan fingerprint density at radius 2 is 1.67 bits per heavy atom. The quantitative estimate of drug-likeness (QED) is 0.144. The second kappa shape index (κ2) is 14.1. The van der Waals surface area contributed by atoms with Gasteiger partial charge in [0.2, 0.25) is 0 Å². The normalized spacial score (nSPS) is 11.3. The van der Waals surface area contributed by atoms with E-state index in [1.807, 2.05) is 57.2 Å². The molecule has 0 saturated carbocycles. The lowest BCUT2D eigenvalue weighted by molar-refractivity contribution is 0.0696. The first-order valence-corrected chi connectivity index (χ1v) is 15.3. The number of rotatable bonds is 12. The van der Waals surface area contributed by atoms with E-state index >= 15 is 0 Å². The van der Waals surface area contributed by atoms with Gasteiger partial charge in [-0.3, -0.25) is 4.79 Å². The molecule has 1 heterocycles. The molecule has 0 unspecified atom stereocenters. The Hall–Kier alpha value is -5.44. The van der Waals surface area contributed by atoms with Crippen LogP contribution in [0.2, 0.25) is 0 Å². The largest absolute Gasteiger partial charge is 0.494 e. The van der Waals surface area contributed by atoms with E-state index in [-0.39, 0.29) is 23.6 Å². The molecule has 0 fully saturated rings. The van der Waals surface area contributed by atoms with E-state index in [0.717, 1.165) is 22.4 Å². The predicted molar refractivity (Wildman–Crippen MR) is 180 cm³/mol. The van der Waals surface area contributed by atoms with Crippen molar-refractivity contribution in [3.05, 3.63) is 117 Å². The number of hydrogen-bond acceptors (Lipinski definition) is 7. The summed E-state index contributed by atoms with van der Waals surface area (Å²) in [7, 11) is 0. The zero-order valence-corrected chi connectivity index (χ0v) is 26.6. The van der Waals surface area contributed by atoms with Crippen LogP contribution >= 0.6 is 0 Å². The van der Waals surface area contributed by atoms with Crippen molar-refractivity contribution >= 4 is 23.1 Å². The number of carboxylic acids is 1. The molecular formula is C37H37N3O6. The number of aryl methyl sites for hydroxylation is 1. The molecule has 0 saturated heterocycles. The van der Waals surface area contributed by atoms with Crippen molar-refractivity contribution in [1.29, 1.82) is 0 Å². The summed E-state index contributed by atoms with van der Waals surface area (Å²) in [6, 6.07) is 23.2. The van der Waals surface area contributed by atoms with Gasteiger partial charge in [-0.1, -0.05) is 38.1 Å². The summed E-state index contributed by atoms with van der Waals surface area (Å²) in [4.78, 5) is 30.1. The third-order valence-electron chi connectivity index (χ3n) is 7.43. The minimum absolute atomic E-state index is 0.163. The Bertz CT molecular complexity index is 1980. The number of aromatic carboxylic acids is 1. The number of aromatic nitrogens is 2. The summed E-state index contributed by atoms with van der Waals surface area (Å²) in [6.07, 6.45) is 1.59. The molecule has 4 aromatic carbocycles. The van der Waals surface area contributed by atoms with Crippen LogP contribution in [0.5, 0.6) is 17.2 Å². The molecule has 0 bridgehead atoms. The maximum atomic E-state index is 13.9. The van der Waals surface area contributed by atoms with Crippen molar-refractivity contribution in [2.24, 2.45) is 5.10 Å². The number of carboxylic acid groups (broad SMARTS) is 1. The van der Waals surface area contributed by atoms with Crippen molar-refractivity contribution < 1.29 is 24.1 Å². The molecule has 236 valence electrons. The first-order chi connectivity index (χ1) is 22.2. The number of benzene rings is 4. The molecule has 5 aromatic rings. The molecule has 0 amide bonds. The van der Waals surface area contributed by atoms with Gasteiger partial charge < -0.3 is 19.3 Å². The molecule has 46 heavy (non-hydrogen) atoms. The van der Waals surface area contributed by atoms with Gasteiger partial charge in [-0.25, -0.2) is 9.78 Å². The molecule has 9 heteroatoms. The second-order valence-electron chi connectivity index (χ2n) is 11.0. The molecule has 0 spiro atoms. The van der Waals surface area contributed by atoms with Crippen molar-refractivity contribution in [3.8, 4) is 28.6 Å². The smallest absolute Gasteiger partial charge is 0.335 e. The molecular weight excluding hydrogens is 582 g/mol. The number of para-hydroxylation sites is 1.